The lowest BCUT2D eigenvalue weighted by atomic mass is 10.1. The Bertz CT molecular complexity index is 4700. The Balaban J connectivity index is 0.000000156. The van der Waals surface area contributed by atoms with Gasteiger partial charge in [0.25, 0.3) is 0 Å². The Morgan fingerprint density at radius 1 is 0.505 bits per heavy atom. The molecule has 0 spiro atoms. The van der Waals surface area contributed by atoms with Crippen LogP contribution in [0.3, 0.4) is 0 Å². The first-order chi connectivity index (χ1) is 46.3. The number of fused-ring (bicyclic) bond motifs is 3. The summed E-state index contributed by atoms with van der Waals surface area (Å²) in [5.41, 5.74) is 11.3. The van der Waals surface area contributed by atoms with E-state index < -0.39 is 6.10 Å². The second kappa shape index (κ2) is 32.0. The maximum atomic E-state index is 13.0. The second-order valence-corrected chi connectivity index (χ2v) is 24.2. The van der Waals surface area contributed by atoms with Gasteiger partial charge in [0.15, 0.2) is 16.9 Å². The molecule has 0 radical (unpaired) electrons. The number of aliphatic hydroxyl groups is 1. The lowest BCUT2D eigenvalue weighted by Gasteiger charge is -2.29. The van der Waals surface area contributed by atoms with Crippen molar-refractivity contribution in [2.24, 2.45) is 0 Å². The van der Waals surface area contributed by atoms with Gasteiger partial charge in [-0.05, 0) is 33.5 Å². The van der Waals surface area contributed by atoms with Crippen molar-refractivity contribution in [2.75, 3.05) is 59.9 Å². The summed E-state index contributed by atoms with van der Waals surface area (Å²) >= 11 is 20.6. The molecule has 1 unspecified atom stereocenters. The fraction of sp³-hybridized carbons (Fsp3) is 0.233. The zero-order chi connectivity index (χ0) is 66.0. The highest BCUT2D eigenvalue weighted by atomic mass is 35.5. The third kappa shape index (κ3) is 15.8. The lowest BCUT2D eigenvalue weighted by Crippen LogP contribution is -2.46. The molecule has 14 rings (SSSR count). The van der Waals surface area contributed by atoms with Crippen LogP contribution in [0, 0.1) is 0 Å². The SMILES string of the molecule is C.C.C=C1CN(C(=O)Cn2nc(-c3ccccc3)c3c(Cl)c(-c4ccccc4)nnc32)CCN1.CN(C)CCCNC(=O)Cn1nc(-c2ccccc2)c2c(Cl)c(-c3ccccc3)nnc21.O=C(Cn1nc(-c2ccccc2)c2c(Cl)c(-c3ccccc3)nnc21)N1CCC(O)C1. The number of nitrogens with zero attached hydrogens (tertiary/aromatic N) is 15. The van der Waals surface area contributed by atoms with Gasteiger partial charge in [-0.15, -0.1) is 30.6 Å². The Labute approximate surface area is 577 Å². The van der Waals surface area contributed by atoms with Crippen molar-refractivity contribution in [2.45, 2.75) is 53.4 Å². The largest absolute Gasteiger partial charge is 0.391 e. The monoisotopic (exact) mass is 1360 g/mol. The number of benzene rings is 6. The summed E-state index contributed by atoms with van der Waals surface area (Å²) in [6.07, 6.45) is 0.994. The highest BCUT2D eigenvalue weighted by Crippen LogP contribution is 2.40. The molecular weight excluding hydrogens is 1290 g/mol. The van der Waals surface area contributed by atoms with Crippen LogP contribution < -0.4 is 10.6 Å². The number of rotatable bonds is 16. The maximum absolute atomic E-state index is 13.0. The number of carbonyl (C=O) groups is 3. The molecule has 496 valence electrons. The van der Waals surface area contributed by atoms with Gasteiger partial charge in [-0.2, -0.15) is 15.3 Å². The Morgan fingerprint density at radius 2 is 0.845 bits per heavy atom. The van der Waals surface area contributed by atoms with Crippen LogP contribution in [0.1, 0.15) is 27.7 Å². The number of β-amino-alcohol motifs (C(OH)–C–C–N with tert-alkyl or cyclic N) is 1. The molecule has 97 heavy (non-hydrogen) atoms. The smallest absolute Gasteiger partial charge is 0.244 e. The first-order valence-corrected chi connectivity index (χ1v) is 32.1. The Kier molecular flexibility index (Phi) is 22.9. The van der Waals surface area contributed by atoms with Crippen molar-refractivity contribution in [1.29, 1.82) is 0 Å². The van der Waals surface area contributed by atoms with Gasteiger partial charge in [-0.25, -0.2) is 14.0 Å². The zero-order valence-corrected chi connectivity index (χ0v) is 54.4. The number of amides is 3. The van der Waals surface area contributed by atoms with Gasteiger partial charge < -0.3 is 30.4 Å². The molecule has 0 saturated carbocycles. The minimum absolute atomic E-state index is 0. The molecule has 12 aromatic rings. The topological polar surface area (TPSA) is 236 Å². The van der Waals surface area contributed by atoms with Crippen molar-refractivity contribution in [3.8, 4) is 67.5 Å². The molecule has 6 aromatic carbocycles. The minimum Gasteiger partial charge on any atom is -0.391 e. The molecule has 2 fully saturated rings. The van der Waals surface area contributed by atoms with Crippen LogP contribution in [0.2, 0.25) is 15.1 Å². The molecule has 2 saturated heterocycles. The summed E-state index contributed by atoms with van der Waals surface area (Å²) in [7, 11) is 4.02. The van der Waals surface area contributed by atoms with Crippen molar-refractivity contribution in [3.05, 3.63) is 209 Å². The normalized spacial score (nSPS) is 13.5. The van der Waals surface area contributed by atoms with Crippen LogP contribution in [0.25, 0.3) is 101 Å². The third-order valence-corrected chi connectivity index (χ3v) is 17.2. The first kappa shape index (κ1) is 69.5. The number of halogens is 3. The van der Waals surface area contributed by atoms with Gasteiger partial charge >= 0.3 is 0 Å². The molecule has 1 atom stereocenters. The van der Waals surface area contributed by atoms with E-state index >= 15 is 0 Å². The molecule has 24 heteroatoms. The van der Waals surface area contributed by atoms with Crippen molar-refractivity contribution in [3.63, 3.8) is 0 Å². The van der Waals surface area contributed by atoms with Gasteiger partial charge in [0, 0.05) is 71.8 Å². The fourth-order valence-electron chi connectivity index (χ4n) is 11.3. The number of hydrogen-bond acceptors (Lipinski definition) is 15. The number of aliphatic hydroxyl groups excluding tert-OH is 1. The van der Waals surface area contributed by atoms with Crippen molar-refractivity contribution >= 4 is 85.6 Å². The van der Waals surface area contributed by atoms with Crippen LogP contribution in [0.4, 0.5) is 0 Å². The minimum atomic E-state index is -0.471. The summed E-state index contributed by atoms with van der Waals surface area (Å²) in [6, 6.07) is 58.2. The molecule has 8 heterocycles. The molecule has 0 bridgehead atoms. The van der Waals surface area contributed by atoms with Crippen LogP contribution in [-0.2, 0) is 34.0 Å². The zero-order valence-electron chi connectivity index (χ0n) is 52.1. The molecular formula is C73H74Cl3N17O4. The number of hydrogen-bond donors (Lipinski definition) is 3. The van der Waals surface area contributed by atoms with E-state index in [1.165, 1.54) is 0 Å². The Hall–Kier alpha value is -10.3. The van der Waals surface area contributed by atoms with Crippen LogP contribution in [0.5, 0.6) is 0 Å². The molecule has 3 N–H and O–H groups in total. The van der Waals surface area contributed by atoms with Gasteiger partial charge in [-0.1, -0.05) is 238 Å². The molecule has 21 nitrogen and oxygen atoms in total. The van der Waals surface area contributed by atoms with E-state index in [0.717, 1.165) is 52.0 Å². The van der Waals surface area contributed by atoms with E-state index in [1.807, 2.05) is 196 Å². The van der Waals surface area contributed by atoms with Crippen LogP contribution >= 0.6 is 34.8 Å². The predicted octanol–water partition coefficient (Wildman–Crippen LogP) is 12.3. The molecule has 2 aliphatic heterocycles. The van der Waals surface area contributed by atoms with E-state index in [9.17, 15) is 19.5 Å². The average Bonchev–Trinajstić information content (AvgIpc) is 1.65. The highest BCUT2D eigenvalue weighted by molar-refractivity contribution is 6.40. The third-order valence-electron chi connectivity index (χ3n) is 16.1. The molecule has 6 aromatic heterocycles. The van der Waals surface area contributed by atoms with Gasteiger partial charge in [0.1, 0.15) is 53.8 Å². The lowest BCUT2D eigenvalue weighted by molar-refractivity contribution is -0.132. The predicted molar refractivity (Wildman–Crippen MR) is 384 cm³/mol. The number of likely N-dealkylation sites (tertiary alicyclic amines) is 1. The Morgan fingerprint density at radius 3 is 1.18 bits per heavy atom. The summed E-state index contributed by atoms with van der Waals surface area (Å²) in [5, 5.41) is 59.8. The second-order valence-electron chi connectivity index (χ2n) is 23.0. The van der Waals surface area contributed by atoms with Gasteiger partial charge in [0.05, 0.1) is 43.9 Å². The molecule has 2 aliphatic rings. The number of carbonyl (C=O) groups excluding carboxylic acids is 3. The number of aromatic nitrogens is 12. The molecule has 3 amide bonds. The highest BCUT2D eigenvalue weighted by Gasteiger charge is 2.29. The summed E-state index contributed by atoms with van der Waals surface area (Å²) in [6.45, 7) is 8.20. The first-order valence-electron chi connectivity index (χ1n) is 30.9. The average molecular weight is 1360 g/mol. The summed E-state index contributed by atoms with van der Waals surface area (Å²) in [5.74, 6) is -0.301. The summed E-state index contributed by atoms with van der Waals surface area (Å²) < 4.78 is 4.73. The number of nitrogens with one attached hydrogen (secondary N) is 2. The van der Waals surface area contributed by atoms with E-state index in [1.54, 1.807) is 23.8 Å². The van der Waals surface area contributed by atoms with Gasteiger partial charge in [-0.3, -0.25) is 14.4 Å². The number of piperazine rings is 1. The van der Waals surface area contributed by atoms with E-state index in [-0.39, 0.29) is 52.2 Å². The standard InChI is InChI=1S/C24H21ClN6O.C24H25ClN6O.C23H20ClN5O2.2CH4/c1-16-14-30(13-12-26-16)19(32)15-31-24-20(22(29-31)17-8-4-2-5-9-17)21(25)23(27-28-24)18-10-6-3-7-11-18;1-30(2)15-9-14-26-19(32)16-31-24-20(22(29-31)17-10-5-3-6-11-17)21(25)23(27-28-24)18-12-7-4-8-13-18;24-20-19-21(15-7-3-1-4-8-15)27-29(14-18(31)28-12-11-17(30)13-28)23(19)26-25-22(20)16-9-5-2-6-10-16;;/h2-11,26H,1,12-15H2;3-8,10-13H,9,14-16H2,1-2H3,(H,26,32);1-10,17,30H,11-14H2;2*1H4. The van der Waals surface area contributed by atoms with Crippen LogP contribution in [0.15, 0.2) is 194 Å². The van der Waals surface area contributed by atoms with E-state index in [0.29, 0.717) is 128 Å². The quantitative estimate of drug-likeness (QED) is 0.0763. The van der Waals surface area contributed by atoms with Gasteiger partial charge in [0.2, 0.25) is 17.7 Å². The van der Waals surface area contributed by atoms with E-state index in [4.69, 9.17) is 50.1 Å². The van der Waals surface area contributed by atoms with E-state index in [2.05, 4.69) is 52.7 Å². The van der Waals surface area contributed by atoms with Crippen molar-refractivity contribution < 1.29 is 19.5 Å². The maximum Gasteiger partial charge on any atom is 0.244 e. The fourth-order valence-corrected chi connectivity index (χ4v) is 12.3. The van der Waals surface area contributed by atoms with Crippen molar-refractivity contribution in [1.82, 2.24) is 85.3 Å². The molecule has 0 aliphatic carbocycles. The summed E-state index contributed by atoms with van der Waals surface area (Å²) in [4.78, 5) is 43.8. The van der Waals surface area contributed by atoms with Crippen LogP contribution in [-0.4, -0.2) is 163 Å².